The van der Waals surface area contributed by atoms with E-state index >= 15 is 0 Å². The van der Waals surface area contributed by atoms with Crippen LogP contribution in [-0.2, 0) is 16.1 Å². The van der Waals surface area contributed by atoms with Gasteiger partial charge < -0.3 is 15.1 Å². The Morgan fingerprint density at radius 3 is 2.48 bits per heavy atom. The zero-order valence-corrected chi connectivity index (χ0v) is 14.0. The number of hydrogen-bond donors (Lipinski definition) is 1. The van der Waals surface area contributed by atoms with E-state index in [1.54, 1.807) is 0 Å². The molecule has 1 aliphatic heterocycles. The van der Waals surface area contributed by atoms with Gasteiger partial charge in [0.25, 0.3) is 0 Å². The molecule has 1 saturated heterocycles. The second-order valence-corrected chi connectivity index (χ2v) is 6.85. The van der Waals surface area contributed by atoms with Gasteiger partial charge >= 0.3 is 0 Å². The largest absolute Gasteiger partial charge is 0.351 e. The maximum atomic E-state index is 12.7. The molecule has 1 aromatic rings. The van der Waals surface area contributed by atoms with Crippen LogP contribution >= 0.6 is 0 Å². The van der Waals surface area contributed by atoms with Gasteiger partial charge in [-0.05, 0) is 32.4 Å². The Morgan fingerprint density at radius 1 is 1.17 bits per heavy atom. The fourth-order valence-corrected chi connectivity index (χ4v) is 3.15. The number of amides is 2. The van der Waals surface area contributed by atoms with Crippen LogP contribution in [0.4, 0.5) is 0 Å². The summed E-state index contributed by atoms with van der Waals surface area (Å²) in [6.45, 7) is 5.73. The van der Waals surface area contributed by atoms with Gasteiger partial charge in [-0.25, -0.2) is 0 Å². The van der Waals surface area contributed by atoms with E-state index in [0.717, 1.165) is 31.7 Å². The topological polar surface area (TPSA) is 52.7 Å². The summed E-state index contributed by atoms with van der Waals surface area (Å²) in [6.07, 6.45) is 1.36. The van der Waals surface area contributed by atoms with Gasteiger partial charge in [0.05, 0.1) is 0 Å². The summed E-state index contributed by atoms with van der Waals surface area (Å²) in [5, 5.41) is 2.96. The van der Waals surface area contributed by atoms with Gasteiger partial charge in [0, 0.05) is 32.7 Å². The SMILES string of the molecule is Cc1cccc(CNC(=O)C2(C(=O)N3CCN(C)CC3)CC2)c1. The third kappa shape index (κ3) is 3.39. The molecule has 3 rings (SSSR count). The molecule has 0 atom stereocenters. The molecule has 0 unspecified atom stereocenters. The van der Waals surface area contributed by atoms with E-state index < -0.39 is 5.41 Å². The zero-order chi connectivity index (χ0) is 16.4. The number of nitrogens with zero attached hydrogens (tertiary/aromatic N) is 2. The second kappa shape index (κ2) is 6.32. The van der Waals surface area contributed by atoms with Gasteiger partial charge in [-0.2, -0.15) is 0 Å². The highest BCUT2D eigenvalue weighted by Crippen LogP contribution is 2.47. The number of carbonyl (C=O) groups excluding carboxylic acids is 2. The lowest BCUT2D eigenvalue weighted by Gasteiger charge is -2.34. The van der Waals surface area contributed by atoms with Gasteiger partial charge in [-0.1, -0.05) is 29.8 Å². The summed E-state index contributed by atoms with van der Waals surface area (Å²) >= 11 is 0. The molecule has 1 saturated carbocycles. The van der Waals surface area contributed by atoms with Crippen LogP contribution in [0.1, 0.15) is 24.0 Å². The van der Waals surface area contributed by atoms with Crippen LogP contribution in [0, 0.1) is 12.3 Å². The Bertz CT molecular complexity index is 602. The van der Waals surface area contributed by atoms with Crippen LogP contribution in [0.25, 0.3) is 0 Å². The van der Waals surface area contributed by atoms with Gasteiger partial charge in [-0.3, -0.25) is 9.59 Å². The first-order chi connectivity index (χ1) is 11.0. The van der Waals surface area contributed by atoms with Crippen LogP contribution in [0.5, 0.6) is 0 Å². The molecule has 5 nitrogen and oxygen atoms in total. The maximum absolute atomic E-state index is 12.7. The quantitative estimate of drug-likeness (QED) is 0.849. The van der Waals surface area contributed by atoms with Crippen molar-refractivity contribution < 1.29 is 9.59 Å². The van der Waals surface area contributed by atoms with Crippen molar-refractivity contribution >= 4 is 11.8 Å². The molecule has 0 bridgehead atoms. The summed E-state index contributed by atoms with van der Waals surface area (Å²) < 4.78 is 0. The third-order valence-electron chi connectivity index (χ3n) is 4.92. The summed E-state index contributed by atoms with van der Waals surface area (Å²) in [7, 11) is 2.06. The number of rotatable bonds is 4. The third-order valence-corrected chi connectivity index (χ3v) is 4.92. The Kier molecular flexibility index (Phi) is 4.39. The molecular weight excluding hydrogens is 290 g/mol. The number of hydrogen-bond acceptors (Lipinski definition) is 3. The highest BCUT2D eigenvalue weighted by molar-refractivity contribution is 6.07. The van der Waals surface area contributed by atoms with Crippen molar-refractivity contribution in [3.05, 3.63) is 35.4 Å². The maximum Gasteiger partial charge on any atom is 0.238 e. The van der Waals surface area contributed by atoms with Gasteiger partial charge in [-0.15, -0.1) is 0 Å². The molecule has 1 N–H and O–H groups in total. The molecule has 124 valence electrons. The number of likely N-dealkylation sites (N-methyl/N-ethyl adjacent to an activating group) is 1. The highest BCUT2D eigenvalue weighted by atomic mass is 16.2. The molecule has 23 heavy (non-hydrogen) atoms. The molecule has 2 aliphatic rings. The lowest BCUT2D eigenvalue weighted by molar-refractivity contribution is -0.145. The first-order valence-corrected chi connectivity index (χ1v) is 8.33. The van der Waals surface area contributed by atoms with E-state index in [1.807, 2.05) is 30.0 Å². The monoisotopic (exact) mass is 315 g/mol. The van der Waals surface area contributed by atoms with E-state index in [4.69, 9.17) is 0 Å². The summed E-state index contributed by atoms with van der Waals surface area (Å²) in [4.78, 5) is 29.4. The van der Waals surface area contributed by atoms with Gasteiger partial charge in [0.2, 0.25) is 11.8 Å². The molecule has 1 aliphatic carbocycles. The molecule has 0 aromatic heterocycles. The van der Waals surface area contributed by atoms with E-state index in [0.29, 0.717) is 19.4 Å². The molecular formula is C18H25N3O2. The van der Waals surface area contributed by atoms with Crippen molar-refractivity contribution in [3.63, 3.8) is 0 Å². The first-order valence-electron chi connectivity index (χ1n) is 8.33. The first kappa shape index (κ1) is 16.0. The average molecular weight is 315 g/mol. The Labute approximate surface area is 137 Å². The molecule has 2 fully saturated rings. The normalized spacial score (nSPS) is 20.2. The molecule has 2 amide bonds. The number of carbonyl (C=O) groups is 2. The van der Waals surface area contributed by atoms with Crippen molar-refractivity contribution in [1.82, 2.24) is 15.1 Å². The van der Waals surface area contributed by atoms with Gasteiger partial charge in [0.15, 0.2) is 0 Å². The van der Waals surface area contributed by atoms with Crippen LogP contribution in [-0.4, -0.2) is 54.8 Å². The lowest BCUT2D eigenvalue weighted by atomic mass is 10.0. The number of aryl methyl sites for hydroxylation is 1. The lowest BCUT2D eigenvalue weighted by Crippen LogP contribution is -2.52. The predicted octanol–water partition coefficient (Wildman–Crippen LogP) is 1.17. The molecule has 5 heteroatoms. The van der Waals surface area contributed by atoms with E-state index in [2.05, 4.69) is 23.3 Å². The molecule has 1 aromatic carbocycles. The number of piperazine rings is 1. The van der Waals surface area contributed by atoms with E-state index in [-0.39, 0.29) is 11.8 Å². The Morgan fingerprint density at radius 2 is 1.87 bits per heavy atom. The minimum atomic E-state index is -0.792. The smallest absolute Gasteiger partial charge is 0.238 e. The molecule has 1 heterocycles. The van der Waals surface area contributed by atoms with Crippen molar-refractivity contribution in [2.75, 3.05) is 33.2 Å². The fourth-order valence-electron chi connectivity index (χ4n) is 3.15. The van der Waals surface area contributed by atoms with Crippen LogP contribution < -0.4 is 5.32 Å². The van der Waals surface area contributed by atoms with Crippen molar-refractivity contribution in [2.45, 2.75) is 26.3 Å². The number of benzene rings is 1. The van der Waals surface area contributed by atoms with Crippen molar-refractivity contribution in [3.8, 4) is 0 Å². The summed E-state index contributed by atoms with van der Waals surface area (Å²) in [6, 6.07) is 8.07. The highest BCUT2D eigenvalue weighted by Gasteiger charge is 2.57. The minimum Gasteiger partial charge on any atom is -0.351 e. The molecule has 0 radical (unpaired) electrons. The van der Waals surface area contributed by atoms with Crippen LogP contribution in [0.3, 0.4) is 0 Å². The van der Waals surface area contributed by atoms with Crippen LogP contribution in [0.15, 0.2) is 24.3 Å². The second-order valence-electron chi connectivity index (χ2n) is 6.85. The van der Waals surface area contributed by atoms with Gasteiger partial charge in [0.1, 0.15) is 5.41 Å². The minimum absolute atomic E-state index is 0.0207. The standard InChI is InChI=1S/C18H25N3O2/c1-14-4-3-5-15(12-14)13-19-16(22)18(6-7-18)17(23)21-10-8-20(2)9-11-21/h3-5,12H,6-11,13H2,1-2H3,(H,19,22). The molecule has 0 spiro atoms. The van der Waals surface area contributed by atoms with Crippen molar-refractivity contribution in [2.24, 2.45) is 5.41 Å². The van der Waals surface area contributed by atoms with Crippen LogP contribution in [0.2, 0.25) is 0 Å². The summed E-state index contributed by atoms with van der Waals surface area (Å²) in [5.41, 5.74) is 1.45. The van der Waals surface area contributed by atoms with E-state index in [9.17, 15) is 9.59 Å². The summed E-state index contributed by atoms with van der Waals surface area (Å²) in [5.74, 6) is -0.0877. The number of nitrogens with one attached hydrogen (secondary N) is 1. The predicted molar refractivity (Wildman–Crippen MR) is 88.8 cm³/mol. The fraction of sp³-hybridized carbons (Fsp3) is 0.556. The average Bonchev–Trinajstić information content (AvgIpc) is 3.34. The Hall–Kier alpha value is -1.88. The zero-order valence-electron chi connectivity index (χ0n) is 14.0. The Balaban J connectivity index is 1.59. The van der Waals surface area contributed by atoms with Crippen molar-refractivity contribution in [1.29, 1.82) is 0 Å². The van der Waals surface area contributed by atoms with E-state index in [1.165, 1.54) is 5.56 Å².